The van der Waals surface area contributed by atoms with Gasteiger partial charge in [-0.1, -0.05) is 133 Å². The Bertz CT molecular complexity index is 3480. The minimum Gasteiger partial charge on any atom is -0.308 e. The van der Waals surface area contributed by atoms with Crippen molar-refractivity contribution < 1.29 is 0 Å². The van der Waals surface area contributed by atoms with E-state index in [4.69, 9.17) is 4.98 Å². The Labute approximate surface area is 310 Å². The van der Waals surface area contributed by atoms with Crippen LogP contribution in [0, 0.1) is 0 Å². The van der Waals surface area contributed by atoms with Gasteiger partial charge in [-0.3, -0.25) is 4.40 Å². The Morgan fingerprint density at radius 3 is 1.61 bits per heavy atom. The van der Waals surface area contributed by atoms with Crippen LogP contribution in [0.3, 0.4) is 0 Å². The van der Waals surface area contributed by atoms with Gasteiger partial charge in [0.05, 0.1) is 33.0 Å². The lowest BCUT2D eigenvalue weighted by Crippen LogP contribution is -1.97. The molecule has 9 aromatic carbocycles. The van der Waals surface area contributed by atoms with E-state index in [9.17, 15) is 0 Å². The fraction of sp³-hybridized carbons (Fsp3) is 0. The minimum absolute atomic E-state index is 0.981. The topological polar surface area (TPSA) is 22.2 Å². The van der Waals surface area contributed by atoms with Crippen molar-refractivity contribution in [3.05, 3.63) is 188 Å². The molecule has 0 amide bonds. The lowest BCUT2D eigenvalue weighted by molar-refractivity contribution is 1.18. The molecule has 0 aliphatic rings. The van der Waals surface area contributed by atoms with Crippen molar-refractivity contribution in [1.29, 1.82) is 0 Å². The molecule has 3 heteroatoms. The molecule has 0 saturated carbocycles. The van der Waals surface area contributed by atoms with Crippen LogP contribution in [-0.4, -0.2) is 14.0 Å². The summed E-state index contributed by atoms with van der Waals surface area (Å²) in [5, 5.41) is 11.1. The normalized spacial score (nSPS) is 12.1. The van der Waals surface area contributed by atoms with Gasteiger partial charge in [-0.25, -0.2) is 4.98 Å². The molecule has 0 saturated heterocycles. The van der Waals surface area contributed by atoms with Crippen LogP contribution < -0.4 is 0 Å². The van der Waals surface area contributed by atoms with Crippen molar-refractivity contribution in [2.24, 2.45) is 0 Å². The maximum Gasteiger partial charge on any atom is 0.148 e. The molecule has 0 fully saturated rings. The molecule has 12 rings (SSSR count). The molecule has 0 atom stereocenters. The number of pyridine rings is 1. The average molecular weight is 686 g/mol. The first kappa shape index (κ1) is 29.4. The second-order valence-corrected chi connectivity index (χ2v) is 14.3. The van der Waals surface area contributed by atoms with Crippen LogP contribution in [0.15, 0.2) is 188 Å². The van der Waals surface area contributed by atoms with E-state index in [-0.39, 0.29) is 0 Å². The van der Waals surface area contributed by atoms with Crippen molar-refractivity contribution in [3.63, 3.8) is 0 Å². The van der Waals surface area contributed by atoms with Crippen LogP contribution in [0.4, 0.5) is 0 Å². The molecular formula is C51H31N3. The summed E-state index contributed by atoms with van der Waals surface area (Å²) < 4.78 is 4.81. The van der Waals surface area contributed by atoms with Crippen LogP contribution >= 0.6 is 0 Å². The van der Waals surface area contributed by atoms with Crippen molar-refractivity contribution >= 4 is 81.7 Å². The van der Waals surface area contributed by atoms with E-state index < -0.39 is 0 Å². The molecule has 0 N–H and O–H groups in total. The Morgan fingerprint density at radius 1 is 0.352 bits per heavy atom. The number of aromatic nitrogens is 3. The van der Waals surface area contributed by atoms with Gasteiger partial charge in [-0.15, -0.1) is 0 Å². The number of hydrogen-bond acceptors (Lipinski definition) is 1. The van der Waals surface area contributed by atoms with Gasteiger partial charge < -0.3 is 4.57 Å². The van der Waals surface area contributed by atoms with Gasteiger partial charge in [-0.05, 0) is 109 Å². The summed E-state index contributed by atoms with van der Waals surface area (Å²) in [6.45, 7) is 0. The standard InChI is InChI=1S/C51H31N3/c1-3-15-32(16-4-1)40-30-42-38-22-10-8-20-36(38)41(31-43(42)37-21-9-7-19-35(37)40)33-27-28-47-44(29-33)50-49(51-52-45-24-12-14-26-48(45)54(47)51)39-23-11-13-25-46(39)53(50)34-17-5-2-6-18-34/h1-31H. The molecule has 3 aromatic heterocycles. The molecule has 0 radical (unpaired) electrons. The molecule has 0 aliphatic carbocycles. The Balaban J connectivity index is 1.25. The Hall–Kier alpha value is -7.23. The van der Waals surface area contributed by atoms with Crippen molar-refractivity contribution in [2.75, 3.05) is 0 Å². The highest BCUT2D eigenvalue weighted by atomic mass is 15.0. The molecule has 3 nitrogen and oxygen atoms in total. The SMILES string of the molecule is c1ccc(-c2cc3c4ccccc4c(-c4ccc5c(c4)c4c(c6ccccc6n4-c4ccccc4)c4nc6ccccc6n54)cc3c3ccccc23)cc1. The quantitative estimate of drug-likeness (QED) is 0.170. The van der Waals surface area contributed by atoms with Gasteiger partial charge in [0.2, 0.25) is 0 Å². The average Bonchev–Trinajstić information content (AvgIpc) is 3.80. The van der Waals surface area contributed by atoms with Crippen LogP contribution in [0.5, 0.6) is 0 Å². The second-order valence-electron chi connectivity index (χ2n) is 14.3. The third-order valence-corrected chi connectivity index (χ3v) is 11.4. The maximum absolute atomic E-state index is 5.31. The molecule has 3 heterocycles. The van der Waals surface area contributed by atoms with Crippen LogP contribution in [-0.2, 0) is 0 Å². The van der Waals surface area contributed by atoms with Crippen LogP contribution in [0.1, 0.15) is 0 Å². The zero-order chi connectivity index (χ0) is 35.3. The Kier molecular flexibility index (Phi) is 6.05. The molecule has 54 heavy (non-hydrogen) atoms. The highest BCUT2D eigenvalue weighted by Gasteiger charge is 2.23. The fourth-order valence-electron chi connectivity index (χ4n) is 9.14. The minimum atomic E-state index is 0.981. The molecule has 0 aliphatic heterocycles. The van der Waals surface area contributed by atoms with E-state index in [1.807, 2.05) is 0 Å². The van der Waals surface area contributed by atoms with E-state index in [1.165, 1.54) is 76.4 Å². The zero-order valence-electron chi connectivity index (χ0n) is 29.2. The number of fused-ring (bicyclic) bond motifs is 15. The van der Waals surface area contributed by atoms with Crippen molar-refractivity contribution in [1.82, 2.24) is 14.0 Å². The van der Waals surface area contributed by atoms with Gasteiger partial charge in [0.15, 0.2) is 0 Å². The van der Waals surface area contributed by atoms with Gasteiger partial charge >= 0.3 is 0 Å². The second kappa shape index (κ2) is 11.1. The smallest absolute Gasteiger partial charge is 0.148 e. The van der Waals surface area contributed by atoms with Gasteiger partial charge in [0.1, 0.15) is 5.65 Å². The molecule has 12 aromatic rings. The lowest BCUT2D eigenvalue weighted by Gasteiger charge is -2.17. The van der Waals surface area contributed by atoms with E-state index in [0.717, 1.165) is 33.3 Å². The molecule has 0 bridgehead atoms. The van der Waals surface area contributed by atoms with Crippen LogP contribution in [0.25, 0.3) is 110 Å². The predicted octanol–water partition coefficient (Wildman–Crippen LogP) is 13.5. The number of para-hydroxylation sites is 4. The molecular weight excluding hydrogens is 655 g/mol. The first-order chi connectivity index (χ1) is 26.8. The van der Waals surface area contributed by atoms with Crippen LogP contribution in [0.2, 0.25) is 0 Å². The summed E-state index contributed by atoms with van der Waals surface area (Å²) in [4.78, 5) is 5.31. The van der Waals surface area contributed by atoms with Gasteiger partial charge in [0.25, 0.3) is 0 Å². The number of rotatable bonds is 3. The van der Waals surface area contributed by atoms with E-state index in [0.29, 0.717) is 0 Å². The summed E-state index contributed by atoms with van der Waals surface area (Å²) in [6, 6.07) is 68.5. The molecule has 0 spiro atoms. The summed E-state index contributed by atoms with van der Waals surface area (Å²) >= 11 is 0. The summed E-state index contributed by atoms with van der Waals surface area (Å²) in [7, 11) is 0. The number of imidazole rings is 1. The molecule has 0 unspecified atom stereocenters. The summed E-state index contributed by atoms with van der Waals surface area (Å²) in [6.07, 6.45) is 0. The first-order valence-corrected chi connectivity index (χ1v) is 18.6. The maximum atomic E-state index is 5.31. The highest BCUT2D eigenvalue weighted by molar-refractivity contribution is 6.26. The van der Waals surface area contributed by atoms with E-state index >= 15 is 0 Å². The number of nitrogens with zero attached hydrogens (tertiary/aromatic N) is 3. The highest BCUT2D eigenvalue weighted by Crippen LogP contribution is 2.45. The third-order valence-electron chi connectivity index (χ3n) is 11.4. The fourth-order valence-corrected chi connectivity index (χ4v) is 9.14. The summed E-state index contributed by atoms with van der Waals surface area (Å²) in [5.74, 6) is 0. The predicted molar refractivity (Wildman–Crippen MR) is 228 cm³/mol. The van der Waals surface area contributed by atoms with E-state index in [1.54, 1.807) is 0 Å². The van der Waals surface area contributed by atoms with E-state index in [2.05, 4.69) is 197 Å². The number of benzene rings is 9. The van der Waals surface area contributed by atoms with Gasteiger partial charge in [0, 0.05) is 16.5 Å². The summed E-state index contributed by atoms with van der Waals surface area (Å²) in [5.41, 5.74) is 12.6. The monoisotopic (exact) mass is 685 g/mol. The van der Waals surface area contributed by atoms with Crippen molar-refractivity contribution in [2.45, 2.75) is 0 Å². The lowest BCUT2D eigenvalue weighted by atomic mass is 9.87. The Morgan fingerprint density at radius 2 is 0.907 bits per heavy atom. The number of hydrogen-bond donors (Lipinski definition) is 0. The molecule has 250 valence electrons. The first-order valence-electron chi connectivity index (χ1n) is 18.6. The third kappa shape index (κ3) is 4.04. The van der Waals surface area contributed by atoms with Crippen molar-refractivity contribution in [3.8, 4) is 27.9 Å². The van der Waals surface area contributed by atoms with Gasteiger partial charge in [-0.2, -0.15) is 0 Å². The zero-order valence-corrected chi connectivity index (χ0v) is 29.2. The largest absolute Gasteiger partial charge is 0.308 e.